The topological polar surface area (TPSA) is 44.0 Å². The van der Waals surface area contributed by atoms with Crippen molar-refractivity contribution in [3.63, 3.8) is 0 Å². The first-order chi connectivity index (χ1) is 7.07. The zero-order valence-corrected chi connectivity index (χ0v) is 9.80. The molecule has 0 bridgehead atoms. The quantitative estimate of drug-likeness (QED) is 0.727. The molecule has 2 N–H and O–H groups in total. The molecule has 1 fully saturated rings. The van der Waals surface area contributed by atoms with Crippen LogP contribution in [-0.2, 0) is 5.41 Å². The molecule has 0 unspecified atom stereocenters. The molecule has 1 aromatic heterocycles. The molecule has 1 aliphatic heterocycles. The molecule has 0 aromatic carbocycles. The van der Waals surface area contributed by atoms with Crippen molar-refractivity contribution in [1.29, 1.82) is 0 Å². The highest BCUT2D eigenvalue weighted by Crippen LogP contribution is 2.23. The lowest BCUT2D eigenvalue weighted by molar-refractivity contribution is 0.566. The zero-order valence-electron chi connectivity index (χ0n) is 9.80. The second kappa shape index (κ2) is 3.85. The molecule has 0 radical (unpaired) electrons. The van der Waals surface area contributed by atoms with Gasteiger partial charge in [-0.05, 0) is 0 Å². The van der Waals surface area contributed by atoms with Crippen LogP contribution in [-0.4, -0.2) is 36.4 Å². The molecule has 4 heteroatoms. The summed E-state index contributed by atoms with van der Waals surface area (Å²) in [6, 6.07) is 2.17. The summed E-state index contributed by atoms with van der Waals surface area (Å²) in [6.07, 6.45) is 0. The van der Waals surface area contributed by atoms with E-state index in [4.69, 9.17) is 0 Å². The minimum Gasteiger partial charge on any atom is -0.353 e. The molecular formula is C11H20N4. The van der Waals surface area contributed by atoms with Gasteiger partial charge in [0.1, 0.15) is 0 Å². The maximum absolute atomic E-state index is 4.38. The average molecular weight is 208 g/mol. The van der Waals surface area contributed by atoms with Crippen LogP contribution >= 0.6 is 0 Å². The standard InChI is InChI=1S/C11H20N4/c1-11(2,3)9-8-10(14-13-9)15-6-4-12-5-7-15/h8,12H,4-7H2,1-3H3,(H,13,14). The highest BCUT2D eigenvalue weighted by molar-refractivity contribution is 5.41. The van der Waals surface area contributed by atoms with Gasteiger partial charge in [-0.1, -0.05) is 20.8 Å². The van der Waals surface area contributed by atoms with E-state index in [0.717, 1.165) is 32.0 Å². The van der Waals surface area contributed by atoms with Gasteiger partial charge < -0.3 is 10.2 Å². The van der Waals surface area contributed by atoms with Gasteiger partial charge in [0.05, 0.1) is 0 Å². The molecule has 15 heavy (non-hydrogen) atoms. The summed E-state index contributed by atoms with van der Waals surface area (Å²) in [5.41, 5.74) is 1.36. The highest BCUT2D eigenvalue weighted by Gasteiger charge is 2.19. The largest absolute Gasteiger partial charge is 0.353 e. The molecule has 2 rings (SSSR count). The van der Waals surface area contributed by atoms with Crippen molar-refractivity contribution in [2.45, 2.75) is 26.2 Å². The molecule has 1 saturated heterocycles. The van der Waals surface area contributed by atoms with Gasteiger partial charge in [0, 0.05) is 43.4 Å². The molecule has 0 atom stereocenters. The first-order valence-electron chi connectivity index (χ1n) is 5.59. The Morgan fingerprint density at radius 3 is 2.47 bits per heavy atom. The summed E-state index contributed by atoms with van der Waals surface area (Å²) in [4.78, 5) is 2.32. The van der Waals surface area contributed by atoms with Crippen LogP contribution in [0.15, 0.2) is 6.07 Å². The van der Waals surface area contributed by atoms with Crippen LogP contribution < -0.4 is 10.2 Å². The molecule has 0 amide bonds. The second-order valence-corrected chi connectivity index (χ2v) is 5.13. The third-order valence-electron chi connectivity index (χ3n) is 2.81. The molecular weight excluding hydrogens is 188 g/mol. The van der Waals surface area contributed by atoms with Gasteiger partial charge in [-0.3, -0.25) is 5.10 Å². The van der Waals surface area contributed by atoms with Crippen molar-refractivity contribution < 1.29 is 0 Å². The van der Waals surface area contributed by atoms with E-state index < -0.39 is 0 Å². The lowest BCUT2D eigenvalue weighted by Gasteiger charge is -2.27. The van der Waals surface area contributed by atoms with E-state index in [9.17, 15) is 0 Å². The average Bonchev–Trinajstić information content (AvgIpc) is 2.67. The molecule has 84 valence electrons. The van der Waals surface area contributed by atoms with Gasteiger partial charge in [-0.25, -0.2) is 0 Å². The molecule has 1 aliphatic rings. The van der Waals surface area contributed by atoms with E-state index in [2.05, 4.69) is 47.3 Å². The first kappa shape index (κ1) is 10.5. The van der Waals surface area contributed by atoms with Gasteiger partial charge >= 0.3 is 0 Å². The summed E-state index contributed by atoms with van der Waals surface area (Å²) in [5.74, 6) is 1.08. The smallest absolute Gasteiger partial charge is 0.150 e. The van der Waals surface area contributed by atoms with Crippen LogP contribution in [0.3, 0.4) is 0 Å². The number of piperazine rings is 1. The van der Waals surface area contributed by atoms with Crippen molar-refractivity contribution in [3.8, 4) is 0 Å². The fourth-order valence-corrected chi connectivity index (χ4v) is 1.75. The van der Waals surface area contributed by atoms with Crippen molar-refractivity contribution >= 4 is 5.82 Å². The molecule has 2 heterocycles. The van der Waals surface area contributed by atoms with Crippen LogP contribution in [0.25, 0.3) is 0 Å². The normalized spacial score (nSPS) is 18.2. The van der Waals surface area contributed by atoms with E-state index in [1.807, 2.05) is 0 Å². The van der Waals surface area contributed by atoms with Gasteiger partial charge in [-0.15, -0.1) is 0 Å². The second-order valence-electron chi connectivity index (χ2n) is 5.13. The Morgan fingerprint density at radius 1 is 1.27 bits per heavy atom. The van der Waals surface area contributed by atoms with Crippen LogP contribution in [0, 0.1) is 0 Å². The van der Waals surface area contributed by atoms with E-state index in [1.165, 1.54) is 5.69 Å². The Hall–Kier alpha value is -1.03. The van der Waals surface area contributed by atoms with Gasteiger partial charge in [0.15, 0.2) is 5.82 Å². The van der Waals surface area contributed by atoms with Crippen molar-refractivity contribution in [3.05, 3.63) is 11.8 Å². The fraction of sp³-hybridized carbons (Fsp3) is 0.727. The summed E-state index contributed by atoms with van der Waals surface area (Å²) >= 11 is 0. The fourth-order valence-electron chi connectivity index (χ4n) is 1.75. The third-order valence-corrected chi connectivity index (χ3v) is 2.81. The molecule has 0 saturated carbocycles. The Morgan fingerprint density at radius 2 is 1.93 bits per heavy atom. The lowest BCUT2D eigenvalue weighted by Crippen LogP contribution is -2.43. The Bertz CT molecular complexity index is 318. The molecule has 0 aliphatic carbocycles. The van der Waals surface area contributed by atoms with Crippen LogP contribution in [0.2, 0.25) is 0 Å². The van der Waals surface area contributed by atoms with Gasteiger partial charge in [-0.2, -0.15) is 5.10 Å². The summed E-state index contributed by atoms with van der Waals surface area (Å²) in [7, 11) is 0. The van der Waals surface area contributed by atoms with Gasteiger partial charge in [0.2, 0.25) is 0 Å². The maximum Gasteiger partial charge on any atom is 0.150 e. The zero-order chi connectivity index (χ0) is 10.9. The van der Waals surface area contributed by atoms with Crippen molar-refractivity contribution in [2.24, 2.45) is 0 Å². The summed E-state index contributed by atoms with van der Waals surface area (Å²) < 4.78 is 0. The molecule has 1 aromatic rings. The SMILES string of the molecule is CC(C)(C)c1cc(N2CCNCC2)n[nH]1. The number of rotatable bonds is 1. The van der Waals surface area contributed by atoms with Crippen molar-refractivity contribution in [2.75, 3.05) is 31.1 Å². The molecule has 4 nitrogen and oxygen atoms in total. The van der Waals surface area contributed by atoms with E-state index in [1.54, 1.807) is 0 Å². The van der Waals surface area contributed by atoms with Crippen LogP contribution in [0.1, 0.15) is 26.5 Å². The number of hydrogen-bond acceptors (Lipinski definition) is 3. The van der Waals surface area contributed by atoms with E-state index in [-0.39, 0.29) is 5.41 Å². The Labute approximate surface area is 91.1 Å². The number of nitrogens with zero attached hydrogens (tertiary/aromatic N) is 2. The monoisotopic (exact) mass is 208 g/mol. The highest BCUT2D eigenvalue weighted by atomic mass is 15.3. The summed E-state index contributed by atoms with van der Waals surface area (Å²) in [5, 5.41) is 10.9. The predicted molar refractivity (Wildman–Crippen MR) is 62.4 cm³/mol. The Kier molecular flexibility index (Phi) is 2.69. The van der Waals surface area contributed by atoms with Crippen LogP contribution in [0.5, 0.6) is 0 Å². The maximum atomic E-state index is 4.38. The van der Waals surface area contributed by atoms with E-state index in [0.29, 0.717) is 0 Å². The summed E-state index contributed by atoms with van der Waals surface area (Å²) in [6.45, 7) is 10.8. The number of anilines is 1. The first-order valence-corrected chi connectivity index (χ1v) is 5.59. The molecule has 0 spiro atoms. The number of nitrogens with one attached hydrogen (secondary N) is 2. The number of H-pyrrole nitrogens is 1. The Balaban J connectivity index is 2.12. The van der Waals surface area contributed by atoms with E-state index >= 15 is 0 Å². The number of aromatic amines is 1. The number of hydrogen-bond donors (Lipinski definition) is 2. The number of aromatic nitrogens is 2. The van der Waals surface area contributed by atoms with Gasteiger partial charge in [0.25, 0.3) is 0 Å². The van der Waals surface area contributed by atoms with Crippen LogP contribution in [0.4, 0.5) is 5.82 Å². The third kappa shape index (κ3) is 2.31. The predicted octanol–water partition coefficient (Wildman–Crippen LogP) is 1.12. The minimum atomic E-state index is 0.152. The lowest BCUT2D eigenvalue weighted by atomic mass is 9.92. The van der Waals surface area contributed by atoms with Crippen molar-refractivity contribution in [1.82, 2.24) is 15.5 Å². The minimum absolute atomic E-state index is 0.152.